The van der Waals surface area contributed by atoms with Gasteiger partial charge in [-0.2, -0.15) is 0 Å². The second kappa shape index (κ2) is 6.89. The maximum absolute atomic E-state index is 11.9. The lowest BCUT2D eigenvalue weighted by atomic mass is 9.93. The molecule has 2 aromatic rings. The summed E-state index contributed by atoms with van der Waals surface area (Å²) in [6.45, 7) is 3.38. The molecule has 0 aliphatic carbocycles. The number of aliphatic carboxylic acids is 1. The van der Waals surface area contributed by atoms with Gasteiger partial charge < -0.3 is 10.4 Å². The van der Waals surface area contributed by atoms with Crippen molar-refractivity contribution in [2.75, 3.05) is 5.32 Å². The predicted molar refractivity (Wildman–Crippen MR) is 86.8 cm³/mol. The summed E-state index contributed by atoms with van der Waals surface area (Å²) in [4.78, 5) is 23.2. The van der Waals surface area contributed by atoms with E-state index >= 15 is 0 Å². The molecule has 4 heteroatoms. The van der Waals surface area contributed by atoms with Gasteiger partial charge in [0.1, 0.15) is 0 Å². The van der Waals surface area contributed by atoms with Crippen LogP contribution in [0.15, 0.2) is 48.5 Å². The van der Waals surface area contributed by atoms with Gasteiger partial charge in [0.2, 0.25) is 5.91 Å². The van der Waals surface area contributed by atoms with E-state index in [1.54, 1.807) is 19.9 Å². The second-order valence-corrected chi connectivity index (χ2v) is 5.10. The van der Waals surface area contributed by atoms with Crippen LogP contribution in [0.3, 0.4) is 0 Å². The van der Waals surface area contributed by atoms with Crippen LogP contribution in [-0.2, 0) is 9.59 Å². The lowest BCUT2D eigenvalue weighted by Gasteiger charge is -2.18. The summed E-state index contributed by atoms with van der Waals surface area (Å²) in [7, 11) is 0. The molecule has 0 bridgehead atoms. The summed E-state index contributed by atoms with van der Waals surface area (Å²) < 4.78 is 0. The number of rotatable bonds is 5. The van der Waals surface area contributed by atoms with Crippen LogP contribution < -0.4 is 5.32 Å². The van der Waals surface area contributed by atoms with Crippen molar-refractivity contribution in [1.82, 2.24) is 0 Å². The first-order valence-corrected chi connectivity index (χ1v) is 7.25. The highest BCUT2D eigenvalue weighted by Gasteiger charge is 2.21. The van der Waals surface area contributed by atoms with Crippen LogP contribution in [0.4, 0.5) is 5.69 Å². The Bertz CT molecular complexity index is 680. The molecule has 0 aliphatic rings. The van der Waals surface area contributed by atoms with Gasteiger partial charge >= 0.3 is 5.97 Å². The highest BCUT2D eigenvalue weighted by Crippen LogP contribution is 2.35. The third kappa shape index (κ3) is 3.34. The number of para-hydroxylation sites is 1. The lowest BCUT2D eigenvalue weighted by molar-refractivity contribution is -0.138. The molecule has 2 aromatic carbocycles. The largest absolute Gasteiger partial charge is 0.481 e. The van der Waals surface area contributed by atoms with Crippen molar-refractivity contribution < 1.29 is 14.7 Å². The van der Waals surface area contributed by atoms with E-state index in [2.05, 4.69) is 5.32 Å². The highest BCUT2D eigenvalue weighted by molar-refractivity contribution is 5.98. The number of amides is 1. The molecule has 0 saturated heterocycles. The molecule has 1 amide bonds. The molecule has 0 heterocycles. The molecule has 0 spiro atoms. The number of carboxylic acids is 1. The van der Waals surface area contributed by atoms with Crippen molar-refractivity contribution in [3.63, 3.8) is 0 Å². The Hall–Kier alpha value is -2.62. The van der Waals surface area contributed by atoms with E-state index in [9.17, 15) is 14.7 Å². The Labute approximate surface area is 129 Å². The normalized spacial score (nSPS) is 11.7. The van der Waals surface area contributed by atoms with Crippen LogP contribution >= 0.6 is 0 Å². The Morgan fingerprint density at radius 1 is 1.09 bits per heavy atom. The standard InChI is InChI=1S/C18H19NO3/c1-3-16(20)19-17-14(12(2)18(21)22)10-7-11-15(17)13-8-5-4-6-9-13/h4-12H,3H2,1-2H3,(H,19,20)(H,21,22). The Kier molecular flexibility index (Phi) is 4.94. The van der Waals surface area contributed by atoms with Gasteiger partial charge in [0.15, 0.2) is 0 Å². The van der Waals surface area contributed by atoms with Gasteiger partial charge in [-0.25, -0.2) is 0 Å². The highest BCUT2D eigenvalue weighted by atomic mass is 16.4. The van der Waals surface area contributed by atoms with Crippen LogP contribution in [0.1, 0.15) is 31.7 Å². The minimum Gasteiger partial charge on any atom is -0.481 e. The molecule has 1 unspecified atom stereocenters. The van der Waals surface area contributed by atoms with Gasteiger partial charge in [0.25, 0.3) is 0 Å². The molecule has 0 saturated carbocycles. The summed E-state index contributed by atoms with van der Waals surface area (Å²) in [5.41, 5.74) is 2.95. The average molecular weight is 297 g/mol. The Balaban J connectivity index is 2.60. The zero-order chi connectivity index (χ0) is 16.1. The monoisotopic (exact) mass is 297 g/mol. The SMILES string of the molecule is CCC(=O)Nc1c(-c2ccccc2)cccc1C(C)C(=O)O. The number of anilines is 1. The molecule has 0 radical (unpaired) electrons. The molecular weight excluding hydrogens is 278 g/mol. The molecule has 4 nitrogen and oxygen atoms in total. The van der Waals surface area contributed by atoms with Crippen molar-refractivity contribution in [1.29, 1.82) is 0 Å². The molecule has 2 rings (SSSR count). The van der Waals surface area contributed by atoms with Gasteiger partial charge in [-0.05, 0) is 18.1 Å². The Morgan fingerprint density at radius 2 is 1.77 bits per heavy atom. The van der Waals surface area contributed by atoms with Gasteiger partial charge in [0.05, 0.1) is 11.6 Å². The number of carboxylic acid groups (broad SMARTS) is 1. The predicted octanol–water partition coefficient (Wildman–Crippen LogP) is 3.89. The zero-order valence-corrected chi connectivity index (χ0v) is 12.7. The quantitative estimate of drug-likeness (QED) is 0.879. The molecule has 0 aromatic heterocycles. The summed E-state index contributed by atoms with van der Waals surface area (Å²) in [5.74, 6) is -1.75. The topological polar surface area (TPSA) is 66.4 Å². The second-order valence-electron chi connectivity index (χ2n) is 5.10. The fourth-order valence-corrected chi connectivity index (χ4v) is 2.29. The van der Waals surface area contributed by atoms with E-state index in [4.69, 9.17) is 0 Å². The molecule has 1 atom stereocenters. The van der Waals surface area contributed by atoms with Crippen LogP contribution in [0.5, 0.6) is 0 Å². The molecule has 0 aliphatic heterocycles. The number of hydrogen-bond donors (Lipinski definition) is 2. The summed E-state index contributed by atoms with van der Waals surface area (Å²) in [6, 6.07) is 15.1. The van der Waals surface area contributed by atoms with E-state index < -0.39 is 11.9 Å². The maximum Gasteiger partial charge on any atom is 0.310 e. The van der Waals surface area contributed by atoms with Crippen molar-refractivity contribution >= 4 is 17.6 Å². The zero-order valence-electron chi connectivity index (χ0n) is 12.7. The fourth-order valence-electron chi connectivity index (χ4n) is 2.29. The average Bonchev–Trinajstić information content (AvgIpc) is 2.55. The van der Waals surface area contributed by atoms with Crippen molar-refractivity contribution in [2.24, 2.45) is 0 Å². The smallest absolute Gasteiger partial charge is 0.310 e. The van der Waals surface area contributed by atoms with Gasteiger partial charge in [0, 0.05) is 12.0 Å². The number of carbonyl (C=O) groups is 2. The number of carbonyl (C=O) groups excluding carboxylic acids is 1. The van der Waals surface area contributed by atoms with Crippen molar-refractivity contribution in [3.05, 3.63) is 54.1 Å². The molecule has 114 valence electrons. The first-order valence-electron chi connectivity index (χ1n) is 7.25. The fraction of sp³-hybridized carbons (Fsp3) is 0.222. The number of hydrogen-bond acceptors (Lipinski definition) is 2. The van der Waals surface area contributed by atoms with Gasteiger partial charge in [-0.3, -0.25) is 9.59 Å². The van der Waals surface area contributed by atoms with E-state index in [1.807, 2.05) is 42.5 Å². The number of nitrogens with one attached hydrogen (secondary N) is 1. The van der Waals surface area contributed by atoms with Gasteiger partial charge in [-0.1, -0.05) is 55.5 Å². The lowest BCUT2D eigenvalue weighted by Crippen LogP contribution is -2.16. The first kappa shape index (κ1) is 15.8. The molecular formula is C18H19NO3. The summed E-state index contributed by atoms with van der Waals surface area (Å²) in [6.07, 6.45) is 0.337. The van der Waals surface area contributed by atoms with E-state index in [-0.39, 0.29) is 5.91 Å². The minimum atomic E-state index is -0.919. The first-order chi connectivity index (χ1) is 10.5. The summed E-state index contributed by atoms with van der Waals surface area (Å²) >= 11 is 0. The summed E-state index contributed by atoms with van der Waals surface area (Å²) in [5, 5.41) is 12.2. The van der Waals surface area contributed by atoms with Crippen LogP contribution in [-0.4, -0.2) is 17.0 Å². The van der Waals surface area contributed by atoms with E-state index in [0.717, 1.165) is 11.1 Å². The van der Waals surface area contributed by atoms with Crippen molar-refractivity contribution in [3.8, 4) is 11.1 Å². The maximum atomic E-state index is 11.9. The molecule has 0 fully saturated rings. The van der Waals surface area contributed by atoms with Gasteiger partial charge in [-0.15, -0.1) is 0 Å². The van der Waals surface area contributed by atoms with E-state index in [0.29, 0.717) is 17.7 Å². The Morgan fingerprint density at radius 3 is 2.36 bits per heavy atom. The van der Waals surface area contributed by atoms with Crippen LogP contribution in [0, 0.1) is 0 Å². The van der Waals surface area contributed by atoms with Crippen molar-refractivity contribution in [2.45, 2.75) is 26.2 Å². The molecule has 22 heavy (non-hydrogen) atoms. The minimum absolute atomic E-state index is 0.137. The van der Waals surface area contributed by atoms with Crippen LogP contribution in [0.2, 0.25) is 0 Å². The third-order valence-corrected chi connectivity index (χ3v) is 3.60. The van der Waals surface area contributed by atoms with Crippen LogP contribution in [0.25, 0.3) is 11.1 Å². The third-order valence-electron chi connectivity index (χ3n) is 3.60. The number of benzene rings is 2. The molecule has 2 N–H and O–H groups in total. The van der Waals surface area contributed by atoms with E-state index in [1.165, 1.54) is 0 Å².